The van der Waals surface area contributed by atoms with Crippen LogP contribution in [0.25, 0.3) is 44.5 Å². The summed E-state index contributed by atoms with van der Waals surface area (Å²) in [6.07, 6.45) is 3.70. The van der Waals surface area contributed by atoms with Crippen molar-refractivity contribution in [3.8, 4) is 28.4 Å². The molecule has 0 radical (unpaired) electrons. The van der Waals surface area contributed by atoms with Gasteiger partial charge in [0.25, 0.3) is 0 Å². The van der Waals surface area contributed by atoms with Gasteiger partial charge in [-0.15, -0.1) is 0 Å². The van der Waals surface area contributed by atoms with Crippen molar-refractivity contribution in [1.29, 1.82) is 0 Å². The first kappa shape index (κ1) is 42.5. The van der Waals surface area contributed by atoms with E-state index in [2.05, 4.69) is 30.8 Å². The Hall–Kier alpha value is -5.46. The summed E-state index contributed by atoms with van der Waals surface area (Å²) in [6.45, 7) is 6.06. The molecular formula is C47H54N8O7S2. The second-order valence-electron chi connectivity index (χ2n) is 17.8. The lowest BCUT2D eigenvalue weighted by molar-refractivity contribution is -0.135. The number of sulfonamides is 2. The third kappa shape index (κ3) is 7.80. The molecule has 3 aromatic carbocycles. The van der Waals surface area contributed by atoms with E-state index < -0.39 is 20.0 Å². The number of aromatic amines is 2. The lowest BCUT2D eigenvalue weighted by Gasteiger charge is -2.29. The Morgan fingerprint density at radius 3 is 2.16 bits per heavy atom. The van der Waals surface area contributed by atoms with Crippen LogP contribution in [0.3, 0.4) is 0 Å². The molecule has 3 aromatic heterocycles. The third-order valence-corrected chi connectivity index (χ3v) is 17.2. The minimum Gasteiger partial charge on any atom is -0.481 e. The number of hydrogen-bond donors (Lipinski definition) is 2. The number of pyridine rings is 1. The summed E-state index contributed by atoms with van der Waals surface area (Å²) in [7, 11) is -3.28. The summed E-state index contributed by atoms with van der Waals surface area (Å²) in [5.41, 5.74) is 7.58. The second kappa shape index (κ2) is 16.5. The maximum absolute atomic E-state index is 14.4. The molecule has 0 saturated carbocycles. The van der Waals surface area contributed by atoms with E-state index in [1.807, 2.05) is 55.5 Å². The number of methoxy groups -OCH3 is 1. The number of fused-ring (bicyclic) bond motifs is 4. The van der Waals surface area contributed by atoms with Crippen molar-refractivity contribution < 1.29 is 31.1 Å². The maximum atomic E-state index is 14.4. The van der Waals surface area contributed by atoms with E-state index in [-0.39, 0.29) is 40.3 Å². The fourth-order valence-corrected chi connectivity index (χ4v) is 12.4. The van der Waals surface area contributed by atoms with Crippen LogP contribution >= 0.6 is 0 Å². The molecule has 1 amide bonds. The lowest BCUT2D eigenvalue weighted by atomic mass is 10.1. The molecule has 3 unspecified atom stereocenters. The van der Waals surface area contributed by atoms with E-state index in [1.54, 1.807) is 43.3 Å². The van der Waals surface area contributed by atoms with Gasteiger partial charge in [-0.3, -0.25) is 4.79 Å². The molecule has 10 rings (SSSR count). The molecule has 3 atom stereocenters. The van der Waals surface area contributed by atoms with Gasteiger partial charge in [0.2, 0.25) is 31.8 Å². The number of ether oxygens (including phenoxy) is 2. The summed E-state index contributed by atoms with van der Waals surface area (Å²) in [6, 6.07) is 24.5. The molecule has 0 spiro atoms. The number of morpholine rings is 1. The molecule has 64 heavy (non-hydrogen) atoms. The number of carbonyl (C=O) groups excluding carboxylic acids is 1. The monoisotopic (exact) mass is 906 g/mol. The Morgan fingerprint density at radius 2 is 1.47 bits per heavy atom. The zero-order valence-electron chi connectivity index (χ0n) is 36.6. The number of nitrogens with one attached hydrogen (secondary N) is 2. The molecule has 17 heteroatoms. The first-order valence-corrected chi connectivity index (χ1v) is 24.9. The summed E-state index contributed by atoms with van der Waals surface area (Å²) in [5, 5.41) is 1.90. The van der Waals surface area contributed by atoms with E-state index >= 15 is 0 Å². The zero-order chi connectivity index (χ0) is 44.5. The van der Waals surface area contributed by atoms with Crippen molar-refractivity contribution >= 4 is 59.3 Å². The molecule has 2 N–H and O–H groups in total. The molecule has 7 heterocycles. The average molecular weight is 907 g/mol. The number of nitrogens with zero attached hydrogens (tertiary/aromatic N) is 6. The van der Waals surface area contributed by atoms with Crippen LogP contribution in [0.5, 0.6) is 5.88 Å². The van der Waals surface area contributed by atoms with Gasteiger partial charge in [-0.1, -0.05) is 12.1 Å². The minimum absolute atomic E-state index is 0.00269. The number of benzene rings is 3. The van der Waals surface area contributed by atoms with Crippen LogP contribution in [0.4, 0.5) is 11.4 Å². The molecule has 0 aliphatic carbocycles. The third-order valence-electron chi connectivity index (χ3n) is 13.5. The van der Waals surface area contributed by atoms with Gasteiger partial charge in [0.05, 0.1) is 42.2 Å². The Kier molecular flexibility index (Phi) is 11.0. The number of amides is 1. The largest absolute Gasteiger partial charge is 0.481 e. The fraction of sp³-hybridized carbons (Fsp3) is 0.404. The number of hydrogen-bond acceptors (Lipinski definition) is 10. The van der Waals surface area contributed by atoms with E-state index in [1.165, 1.54) is 11.4 Å². The first-order chi connectivity index (χ1) is 30.7. The number of likely N-dealkylation sites (N-methyl/N-ethyl adjacent to an activating group) is 1. The van der Waals surface area contributed by atoms with Crippen molar-refractivity contribution in [3.63, 3.8) is 0 Å². The highest BCUT2D eigenvalue weighted by Crippen LogP contribution is 2.40. The summed E-state index contributed by atoms with van der Waals surface area (Å²) in [4.78, 5) is 31.4. The van der Waals surface area contributed by atoms with Crippen LogP contribution in [-0.2, 0) is 29.6 Å². The second-order valence-corrected chi connectivity index (χ2v) is 21.9. The number of aromatic nitrogens is 3. The van der Waals surface area contributed by atoms with Gasteiger partial charge < -0.3 is 34.1 Å². The molecule has 4 aliphatic heterocycles. The van der Waals surface area contributed by atoms with Gasteiger partial charge >= 0.3 is 0 Å². The van der Waals surface area contributed by atoms with E-state index in [9.17, 15) is 21.6 Å². The smallest absolute Gasteiger partial charge is 0.243 e. The highest BCUT2D eigenvalue weighted by atomic mass is 32.2. The predicted molar refractivity (Wildman–Crippen MR) is 248 cm³/mol. The highest BCUT2D eigenvalue weighted by molar-refractivity contribution is 7.89. The molecular weight excluding hydrogens is 853 g/mol. The molecule has 4 saturated heterocycles. The quantitative estimate of drug-likeness (QED) is 0.139. The lowest BCUT2D eigenvalue weighted by Crippen LogP contribution is -2.46. The Labute approximate surface area is 374 Å². The summed E-state index contributed by atoms with van der Waals surface area (Å²) in [5.74, 6) is 0.265. The molecule has 336 valence electrons. The normalized spacial score (nSPS) is 20.3. The van der Waals surface area contributed by atoms with Crippen molar-refractivity contribution in [2.24, 2.45) is 5.92 Å². The van der Waals surface area contributed by atoms with Crippen molar-refractivity contribution in [3.05, 3.63) is 84.4 Å². The van der Waals surface area contributed by atoms with Crippen LogP contribution in [-0.4, -0.2) is 137 Å². The van der Waals surface area contributed by atoms with Gasteiger partial charge in [-0.25, -0.2) is 21.1 Å². The summed E-state index contributed by atoms with van der Waals surface area (Å²) >= 11 is 0. The van der Waals surface area contributed by atoms with E-state index in [0.29, 0.717) is 49.9 Å². The predicted octanol–water partition coefficient (Wildman–Crippen LogP) is 6.06. The fourth-order valence-electron chi connectivity index (χ4n) is 10.0. The van der Waals surface area contributed by atoms with Crippen molar-refractivity contribution in [1.82, 2.24) is 28.5 Å². The van der Waals surface area contributed by atoms with Crippen LogP contribution in [0.1, 0.15) is 31.2 Å². The average Bonchev–Trinajstić information content (AvgIpc) is 4.16. The van der Waals surface area contributed by atoms with E-state index in [4.69, 9.17) is 9.47 Å². The first-order valence-electron chi connectivity index (χ1n) is 22.0. The topological polar surface area (TPSA) is 164 Å². The number of H-pyrrole nitrogens is 2. The van der Waals surface area contributed by atoms with Crippen molar-refractivity contribution in [2.75, 3.05) is 83.4 Å². The maximum Gasteiger partial charge on any atom is 0.243 e. The molecule has 6 aromatic rings. The van der Waals surface area contributed by atoms with E-state index in [0.717, 1.165) is 93.3 Å². The number of carbonyl (C=O) groups is 1. The number of aryl methyl sites for hydroxylation is 1. The molecule has 4 fully saturated rings. The van der Waals surface area contributed by atoms with Gasteiger partial charge in [-0.2, -0.15) is 9.29 Å². The Bertz CT molecular complexity index is 3000. The van der Waals surface area contributed by atoms with Gasteiger partial charge in [0, 0.05) is 110 Å². The number of anilines is 2. The van der Waals surface area contributed by atoms with Crippen LogP contribution in [0.2, 0.25) is 0 Å². The van der Waals surface area contributed by atoms with Gasteiger partial charge in [0.15, 0.2) is 0 Å². The molecule has 2 bridgehead atoms. The van der Waals surface area contributed by atoms with Gasteiger partial charge in [-0.05, 0) is 105 Å². The van der Waals surface area contributed by atoms with Crippen LogP contribution in [0, 0.1) is 12.8 Å². The zero-order valence-corrected chi connectivity index (χ0v) is 38.2. The van der Waals surface area contributed by atoms with Gasteiger partial charge in [0.1, 0.15) is 5.65 Å². The van der Waals surface area contributed by atoms with Crippen molar-refractivity contribution in [2.45, 2.75) is 54.5 Å². The standard InChI is InChI=1S/C47H54N8O7S2/c1-30-7-8-32-20-41(48-40(32)19-30)38-23-37(64(59,60)52(3)28-46(56)55-27-35-22-34(55)29-62-35)11-13-44(38)54-18-15-31(26-54)25-51(2)63(57,58)36-10-12-43(53-16-5-6-17-53)39(24-36)42-21-33-9-14-45(61-4)50-47(33)49-42/h7-14,19-21,23-24,31,34-35,48H,5-6,15-18,22,25-29H2,1-4H3,(H,49,50). The van der Waals surface area contributed by atoms with Crippen LogP contribution < -0.4 is 14.5 Å². The van der Waals surface area contributed by atoms with Crippen LogP contribution in [0.15, 0.2) is 88.7 Å². The Morgan fingerprint density at radius 1 is 0.797 bits per heavy atom. The number of likely N-dealkylation sites (tertiary alicyclic amines) is 1. The molecule has 4 aliphatic rings. The SMILES string of the molecule is COc1ccc2cc(-c3cc(S(=O)(=O)N(C)CC4CCN(c5ccc(S(=O)(=O)N(C)CC(=O)N6CC7CC6CO7)cc5-c5cc6ccc(C)cc6[nH]5)C4)ccc3N3CCCC3)[nH]c2n1. The highest BCUT2D eigenvalue weighted by Gasteiger charge is 2.42. The molecule has 15 nitrogen and oxygen atoms in total. The number of rotatable bonds is 13. The minimum atomic E-state index is -4.06. The Balaban J connectivity index is 0.904. The summed E-state index contributed by atoms with van der Waals surface area (Å²) < 4.78 is 70.7.